The minimum atomic E-state index is -0.180. The number of carbonyl (C=O) groups is 1. The van der Waals surface area contributed by atoms with Gasteiger partial charge in [-0.05, 0) is 22.0 Å². The Hall–Kier alpha value is -1.34. The van der Waals surface area contributed by atoms with Crippen molar-refractivity contribution in [2.24, 2.45) is 0 Å². The van der Waals surface area contributed by atoms with E-state index in [1.54, 1.807) is 18.6 Å². The number of aromatic nitrogens is 3. The molecule has 2 aromatic heterocycles. The van der Waals surface area contributed by atoms with Gasteiger partial charge >= 0.3 is 0 Å². The summed E-state index contributed by atoms with van der Waals surface area (Å²) >= 11 is 4.66. The highest BCUT2D eigenvalue weighted by atomic mass is 79.9. The van der Waals surface area contributed by atoms with Gasteiger partial charge in [-0.25, -0.2) is 4.98 Å². The monoisotopic (exact) mass is 298 g/mol. The molecule has 0 bridgehead atoms. The first-order valence-corrected chi connectivity index (χ1v) is 6.01. The zero-order chi connectivity index (χ0) is 11.5. The molecule has 2 heterocycles. The summed E-state index contributed by atoms with van der Waals surface area (Å²) in [5, 5.41) is 7.38. The highest BCUT2D eigenvalue weighted by Crippen LogP contribution is 2.23. The van der Waals surface area contributed by atoms with E-state index in [0.29, 0.717) is 11.4 Å². The summed E-state index contributed by atoms with van der Waals surface area (Å²) in [7, 11) is 1.67. The Labute approximate surface area is 104 Å². The molecule has 2 rings (SSSR count). The van der Waals surface area contributed by atoms with Crippen molar-refractivity contribution in [2.75, 3.05) is 11.9 Å². The Bertz CT molecular complexity index is 501. The normalized spacial score (nSPS) is 10.1. The summed E-state index contributed by atoms with van der Waals surface area (Å²) in [5.41, 5.74) is 2.71. The Morgan fingerprint density at radius 3 is 2.88 bits per heavy atom. The molecular weight excluding hydrogens is 292 g/mol. The summed E-state index contributed by atoms with van der Waals surface area (Å²) in [6.45, 7) is 0. The number of rotatable bonds is 2. The van der Waals surface area contributed by atoms with Crippen LogP contribution in [0, 0.1) is 0 Å². The van der Waals surface area contributed by atoms with Crippen LogP contribution in [-0.4, -0.2) is 28.1 Å². The third-order valence-corrected chi connectivity index (χ3v) is 3.53. The van der Waals surface area contributed by atoms with Crippen molar-refractivity contribution in [3.8, 4) is 0 Å². The van der Waals surface area contributed by atoms with E-state index in [9.17, 15) is 4.79 Å². The molecule has 7 heteroatoms. The van der Waals surface area contributed by atoms with Gasteiger partial charge in [0, 0.05) is 7.05 Å². The van der Waals surface area contributed by atoms with Crippen molar-refractivity contribution in [2.45, 2.75) is 0 Å². The molecule has 0 aliphatic rings. The van der Waals surface area contributed by atoms with Gasteiger partial charge in [-0.1, -0.05) is 0 Å². The second kappa shape index (κ2) is 4.67. The molecule has 0 saturated carbocycles. The van der Waals surface area contributed by atoms with Crippen molar-refractivity contribution < 1.29 is 4.79 Å². The largest absolute Gasteiger partial charge is 0.308 e. The van der Waals surface area contributed by atoms with Crippen LogP contribution in [-0.2, 0) is 0 Å². The van der Waals surface area contributed by atoms with E-state index in [2.05, 4.69) is 31.1 Å². The first kappa shape index (κ1) is 11.2. The Balaban J connectivity index is 2.27. The van der Waals surface area contributed by atoms with Crippen molar-refractivity contribution in [1.82, 2.24) is 15.2 Å². The average molecular weight is 299 g/mol. The summed E-state index contributed by atoms with van der Waals surface area (Å²) in [6.07, 6.45) is 3.06. The molecular formula is C9H7BrN4OS. The fraction of sp³-hybridized carbons (Fsp3) is 0.111. The molecule has 5 nitrogen and oxygen atoms in total. The zero-order valence-electron chi connectivity index (χ0n) is 8.29. The molecule has 0 spiro atoms. The first-order chi connectivity index (χ1) is 7.70. The quantitative estimate of drug-likeness (QED) is 0.850. The number of hydrogen-bond donors (Lipinski definition) is 0. The minimum absolute atomic E-state index is 0.180. The van der Waals surface area contributed by atoms with Crippen LogP contribution < -0.4 is 4.90 Å². The lowest BCUT2D eigenvalue weighted by Gasteiger charge is -2.15. The minimum Gasteiger partial charge on any atom is -0.308 e. The molecule has 0 aliphatic heterocycles. The predicted molar refractivity (Wildman–Crippen MR) is 64.6 cm³/mol. The van der Waals surface area contributed by atoms with Gasteiger partial charge in [0.15, 0.2) is 5.69 Å². The second-order valence-corrected chi connectivity index (χ2v) is 5.11. The number of halogens is 1. The Morgan fingerprint density at radius 1 is 1.50 bits per heavy atom. The van der Waals surface area contributed by atoms with Gasteiger partial charge in [-0.2, -0.15) is 10.2 Å². The molecule has 0 aliphatic carbocycles. The Morgan fingerprint density at radius 2 is 2.31 bits per heavy atom. The number of anilines is 1. The van der Waals surface area contributed by atoms with Crippen molar-refractivity contribution in [3.63, 3.8) is 0 Å². The Kier molecular flexibility index (Phi) is 3.25. The van der Waals surface area contributed by atoms with Crippen LogP contribution in [0.3, 0.4) is 0 Å². The molecule has 82 valence electrons. The van der Waals surface area contributed by atoms with Crippen LogP contribution >= 0.6 is 27.3 Å². The molecule has 1 amide bonds. The maximum Gasteiger partial charge on any atom is 0.278 e. The van der Waals surface area contributed by atoms with Crippen LogP contribution in [0.4, 0.5) is 5.69 Å². The van der Waals surface area contributed by atoms with Gasteiger partial charge in [0.25, 0.3) is 5.91 Å². The van der Waals surface area contributed by atoms with Crippen LogP contribution in [0.25, 0.3) is 0 Å². The van der Waals surface area contributed by atoms with Gasteiger partial charge in [0.05, 0.1) is 23.6 Å². The summed E-state index contributed by atoms with van der Waals surface area (Å²) in [5.74, 6) is -0.180. The van der Waals surface area contributed by atoms with E-state index in [4.69, 9.17) is 0 Å². The zero-order valence-corrected chi connectivity index (χ0v) is 10.7. The van der Waals surface area contributed by atoms with Crippen LogP contribution in [0.5, 0.6) is 0 Å². The SMILES string of the molecule is CN(C(=O)c1ncsc1Br)c1ccnnc1. The van der Waals surface area contributed by atoms with Crippen molar-refractivity contribution >= 4 is 38.9 Å². The number of carbonyl (C=O) groups excluding carboxylic acids is 1. The van der Waals surface area contributed by atoms with E-state index in [1.807, 2.05) is 0 Å². The van der Waals surface area contributed by atoms with Crippen molar-refractivity contribution in [1.29, 1.82) is 0 Å². The molecule has 0 fully saturated rings. The van der Waals surface area contributed by atoms with Gasteiger partial charge in [0.1, 0.15) is 3.79 Å². The fourth-order valence-corrected chi connectivity index (χ4v) is 2.15. The van der Waals surface area contributed by atoms with Crippen LogP contribution in [0.15, 0.2) is 27.8 Å². The van der Waals surface area contributed by atoms with Crippen LogP contribution in [0.1, 0.15) is 10.5 Å². The molecule has 0 unspecified atom stereocenters. The molecule has 0 radical (unpaired) electrons. The standard InChI is InChI=1S/C9H7BrN4OS/c1-14(6-2-3-12-13-4-6)9(15)7-8(10)16-5-11-7/h2-5H,1H3. The molecule has 16 heavy (non-hydrogen) atoms. The number of hydrogen-bond acceptors (Lipinski definition) is 5. The van der Waals surface area contributed by atoms with Crippen LogP contribution in [0.2, 0.25) is 0 Å². The smallest absolute Gasteiger partial charge is 0.278 e. The number of thiazole rings is 1. The number of amides is 1. The predicted octanol–water partition coefficient (Wildman–Crippen LogP) is 1.97. The molecule has 0 aromatic carbocycles. The van der Waals surface area contributed by atoms with Gasteiger partial charge in [-0.15, -0.1) is 11.3 Å². The van der Waals surface area contributed by atoms with E-state index in [0.717, 1.165) is 3.79 Å². The van der Waals surface area contributed by atoms with Crippen molar-refractivity contribution in [3.05, 3.63) is 33.5 Å². The van der Waals surface area contributed by atoms with Gasteiger partial charge in [0.2, 0.25) is 0 Å². The lowest BCUT2D eigenvalue weighted by atomic mass is 10.3. The summed E-state index contributed by atoms with van der Waals surface area (Å²) in [4.78, 5) is 17.5. The summed E-state index contributed by atoms with van der Waals surface area (Å²) < 4.78 is 0.728. The first-order valence-electron chi connectivity index (χ1n) is 4.34. The van der Waals surface area contributed by atoms with E-state index >= 15 is 0 Å². The van der Waals surface area contributed by atoms with E-state index in [-0.39, 0.29) is 5.91 Å². The molecule has 2 aromatic rings. The van der Waals surface area contributed by atoms with Gasteiger partial charge < -0.3 is 4.90 Å². The topological polar surface area (TPSA) is 59.0 Å². The highest BCUT2D eigenvalue weighted by Gasteiger charge is 2.18. The third kappa shape index (κ3) is 2.10. The third-order valence-electron chi connectivity index (χ3n) is 1.99. The molecule has 0 N–H and O–H groups in total. The fourth-order valence-electron chi connectivity index (χ4n) is 1.13. The maximum atomic E-state index is 12.0. The van der Waals surface area contributed by atoms with E-state index < -0.39 is 0 Å². The second-order valence-electron chi connectivity index (χ2n) is 2.94. The lowest BCUT2D eigenvalue weighted by Crippen LogP contribution is -2.26. The molecule has 0 saturated heterocycles. The highest BCUT2D eigenvalue weighted by molar-refractivity contribution is 9.11. The number of nitrogens with zero attached hydrogens (tertiary/aromatic N) is 4. The average Bonchev–Trinajstić information content (AvgIpc) is 2.75. The van der Waals surface area contributed by atoms with E-state index in [1.165, 1.54) is 28.6 Å². The summed E-state index contributed by atoms with van der Waals surface area (Å²) in [6, 6.07) is 1.71. The maximum absolute atomic E-state index is 12.0. The molecule has 0 atom stereocenters. The van der Waals surface area contributed by atoms with Gasteiger partial charge in [-0.3, -0.25) is 4.79 Å². The lowest BCUT2D eigenvalue weighted by molar-refractivity contribution is 0.0988.